The number of nitrogens with one attached hydrogen (secondary N) is 3. The van der Waals surface area contributed by atoms with Crippen LogP contribution in [-0.4, -0.2) is 61.3 Å². The van der Waals surface area contributed by atoms with E-state index in [4.69, 9.17) is 26.1 Å². The highest BCUT2D eigenvalue weighted by molar-refractivity contribution is 6.31. The van der Waals surface area contributed by atoms with Gasteiger partial charge in [0, 0.05) is 30.6 Å². The van der Waals surface area contributed by atoms with Gasteiger partial charge in [0.1, 0.15) is 33.7 Å². The van der Waals surface area contributed by atoms with Crippen molar-refractivity contribution in [3.05, 3.63) is 83.7 Å². The Balaban J connectivity index is 1.07. The van der Waals surface area contributed by atoms with Crippen LogP contribution in [-0.2, 0) is 15.9 Å². The van der Waals surface area contributed by atoms with Gasteiger partial charge in [0.15, 0.2) is 0 Å². The van der Waals surface area contributed by atoms with Crippen LogP contribution in [0.3, 0.4) is 0 Å². The van der Waals surface area contributed by atoms with Crippen LogP contribution in [0.5, 0.6) is 0 Å². The number of ether oxygens (including phenoxy) is 2. The van der Waals surface area contributed by atoms with Crippen molar-refractivity contribution < 1.29 is 19.1 Å². The van der Waals surface area contributed by atoms with Crippen LogP contribution >= 0.6 is 11.6 Å². The Morgan fingerprint density at radius 1 is 0.863 bits per heavy atom. The number of alkyl carbamates (subject to hydrolysis) is 1. The third-order valence-corrected chi connectivity index (χ3v) is 8.93. The number of fused-ring (bicyclic) bond motifs is 1. The van der Waals surface area contributed by atoms with E-state index in [1.165, 1.54) is 0 Å². The second-order valence-electron chi connectivity index (χ2n) is 15.1. The van der Waals surface area contributed by atoms with Gasteiger partial charge in [-0.05, 0) is 101 Å². The minimum Gasteiger partial charge on any atom is -0.444 e. The van der Waals surface area contributed by atoms with Crippen LogP contribution in [0.25, 0.3) is 44.4 Å². The van der Waals surface area contributed by atoms with E-state index in [-0.39, 0.29) is 12.1 Å². The monoisotopic (exact) mass is 710 g/mol. The lowest BCUT2D eigenvalue weighted by Gasteiger charge is -2.27. The van der Waals surface area contributed by atoms with E-state index in [1.54, 1.807) is 4.90 Å². The highest BCUT2D eigenvalue weighted by atomic mass is 35.5. The summed E-state index contributed by atoms with van der Waals surface area (Å²) in [7, 11) is 0. The second-order valence-corrected chi connectivity index (χ2v) is 15.5. The molecule has 0 aliphatic carbocycles. The molecule has 51 heavy (non-hydrogen) atoms. The highest BCUT2D eigenvalue weighted by Gasteiger charge is 2.35. The van der Waals surface area contributed by atoms with Gasteiger partial charge < -0.3 is 24.8 Å². The molecule has 3 N–H and O–H groups in total. The number of rotatable bonds is 9. The lowest BCUT2D eigenvalue weighted by atomic mass is 9.98. The highest BCUT2D eigenvalue weighted by Crippen LogP contribution is 2.34. The van der Waals surface area contributed by atoms with E-state index in [9.17, 15) is 9.59 Å². The summed E-state index contributed by atoms with van der Waals surface area (Å²) in [5.41, 5.74) is 4.77. The first-order valence-corrected chi connectivity index (χ1v) is 18.0. The van der Waals surface area contributed by atoms with Gasteiger partial charge in [0.2, 0.25) is 0 Å². The summed E-state index contributed by atoms with van der Waals surface area (Å²) in [6, 6.07) is 21.0. The number of aromatic nitrogens is 4. The Hall–Kier alpha value is -4.83. The number of likely N-dealkylation sites (tertiary alicyclic amines) is 1. The zero-order valence-corrected chi connectivity index (χ0v) is 31.0. The predicted octanol–water partition coefficient (Wildman–Crippen LogP) is 9.86. The number of carbonyl (C=O) groups is 2. The molecule has 0 bridgehead atoms. The van der Waals surface area contributed by atoms with E-state index in [1.807, 2.05) is 59.9 Å². The maximum atomic E-state index is 12.8. The minimum absolute atomic E-state index is 0.125. The molecule has 1 aliphatic heterocycles. The summed E-state index contributed by atoms with van der Waals surface area (Å²) < 4.78 is 10.9. The van der Waals surface area contributed by atoms with Crippen molar-refractivity contribution in [3.63, 3.8) is 0 Å². The van der Waals surface area contributed by atoms with Crippen LogP contribution in [0.1, 0.15) is 84.9 Å². The van der Waals surface area contributed by atoms with Crippen LogP contribution in [0, 0.1) is 0 Å². The topological polar surface area (TPSA) is 125 Å². The lowest BCUT2D eigenvalue weighted by molar-refractivity contribution is 0.0218. The van der Waals surface area contributed by atoms with Gasteiger partial charge in [-0.2, -0.15) is 0 Å². The number of aryl methyl sites for hydroxylation is 1. The molecule has 11 heteroatoms. The van der Waals surface area contributed by atoms with Crippen LogP contribution in [0.4, 0.5) is 9.59 Å². The summed E-state index contributed by atoms with van der Waals surface area (Å²) in [5.74, 6) is 1.60. The Morgan fingerprint density at radius 3 is 2.22 bits per heavy atom. The third-order valence-electron chi connectivity index (χ3n) is 8.65. The van der Waals surface area contributed by atoms with Crippen molar-refractivity contribution in [3.8, 4) is 33.6 Å². The fraction of sp³-hybridized carbons (Fsp3) is 0.400. The summed E-state index contributed by atoms with van der Waals surface area (Å²) in [5, 5.41) is 5.56. The molecule has 1 saturated heterocycles. The number of hydrogen-bond acceptors (Lipinski definition) is 6. The molecule has 1 atom stereocenters. The summed E-state index contributed by atoms with van der Waals surface area (Å²) >= 11 is 6.56. The molecule has 6 rings (SSSR count). The third kappa shape index (κ3) is 9.10. The van der Waals surface area contributed by atoms with Gasteiger partial charge in [-0.15, -0.1) is 0 Å². The average molecular weight is 711 g/mol. The van der Waals surface area contributed by atoms with E-state index >= 15 is 0 Å². The number of halogens is 1. The second kappa shape index (κ2) is 14.8. The van der Waals surface area contributed by atoms with Gasteiger partial charge in [-0.25, -0.2) is 19.6 Å². The maximum Gasteiger partial charge on any atom is 0.410 e. The quantitative estimate of drug-likeness (QED) is 0.131. The van der Waals surface area contributed by atoms with Crippen LogP contribution < -0.4 is 5.32 Å². The number of imidazole rings is 2. The first-order chi connectivity index (χ1) is 24.2. The van der Waals surface area contributed by atoms with E-state index in [0.29, 0.717) is 18.2 Å². The van der Waals surface area contributed by atoms with Crippen LogP contribution in [0.2, 0.25) is 5.15 Å². The molecule has 268 valence electrons. The summed E-state index contributed by atoms with van der Waals surface area (Å²) in [6.45, 7) is 12.4. The Kier molecular flexibility index (Phi) is 10.4. The molecule has 3 heterocycles. The van der Waals surface area contributed by atoms with Crippen molar-refractivity contribution in [1.82, 2.24) is 30.2 Å². The Labute approximate surface area is 304 Å². The predicted molar refractivity (Wildman–Crippen MR) is 202 cm³/mol. The Bertz CT molecular complexity index is 2000. The van der Waals surface area contributed by atoms with Gasteiger partial charge >= 0.3 is 12.2 Å². The standard InChI is InChI=1S/C40H47ClN6O4/c1-39(2,3)50-37(48)42-20-8-7-11-33-45-34(35(41)46-33)26-14-12-25(13-15-26)27-16-17-29-23-30(19-18-28(29)22-27)31-24-43-36(44-31)32-10-9-21-47(32)38(49)51-40(4,5)6/h12-19,22-24,32H,7-11,20-21H2,1-6H3,(H,42,48)(H,43,44)(H,45,46)/t32-/m0/s1. The number of aromatic amines is 2. The number of nitrogens with zero attached hydrogens (tertiary/aromatic N) is 3. The fourth-order valence-electron chi connectivity index (χ4n) is 6.29. The molecular weight excluding hydrogens is 664 g/mol. The molecule has 10 nitrogen and oxygen atoms in total. The number of unbranched alkanes of at least 4 members (excludes halogenated alkanes) is 1. The van der Waals surface area contributed by atoms with Crippen molar-refractivity contribution >= 4 is 34.6 Å². The SMILES string of the molecule is CC(C)(C)OC(=O)NCCCCc1nc(-c2ccc(-c3ccc4cc(-c5cnc([C@@H]6CCCN6C(=O)OC(C)(C)C)[nH]5)ccc4c3)cc2)c(Cl)[nH]1. The summed E-state index contributed by atoms with van der Waals surface area (Å²) in [4.78, 5) is 42.5. The number of amides is 2. The average Bonchev–Trinajstić information content (AvgIpc) is 3.83. The molecular formula is C40H47ClN6O4. The van der Waals surface area contributed by atoms with Crippen LogP contribution in [0.15, 0.2) is 66.9 Å². The summed E-state index contributed by atoms with van der Waals surface area (Å²) in [6.07, 6.45) is 5.28. The molecule has 0 unspecified atom stereocenters. The normalized spacial score (nSPS) is 15.0. The molecule has 2 amide bonds. The molecule has 5 aromatic rings. The zero-order valence-electron chi connectivity index (χ0n) is 30.2. The van der Waals surface area contributed by atoms with Crippen molar-refractivity contribution in [1.29, 1.82) is 0 Å². The first-order valence-electron chi connectivity index (χ1n) is 17.6. The molecule has 3 aromatic carbocycles. The minimum atomic E-state index is -0.543. The number of benzene rings is 3. The maximum absolute atomic E-state index is 12.8. The van der Waals surface area contributed by atoms with Gasteiger partial charge in [0.05, 0.1) is 17.9 Å². The van der Waals surface area contributed by atoms with E-state index in [0.717, 1.165) is 88.2 Å². The fourth-order valence-corrected chi connectivity index (χ4v) is 6.55. The van der Waals surface area contributed by atoms with Crippen molar-refractivity contribution in [2.75, 3.05) is 13.1 Å². The molecule has 1 fully saturated rings. The number of carbonyl (C=O) groups excluding carboxylic acids is 2. The van der Waals surface area contributed by atoms with E-state index in [2.05, 4.69) is 68.8 Å². The molecule has 1 aliphatic rings. The molecule has 0 saturated carbocycles. The smallest absolute Gasteiger partial charge is 0.410 e. The van der Waals surface area contributed by atoms with Gasteiger partial charge in [-0.1, -0.05) is 60.1 Å². The molecule has 0 spiro atoms. The van der Waals surface area contributed by atoms with Crippen molar-refractivity contribution in [2.45, 2.75) is 90.9 Å². The lowest BCUT2D eigenvalue weighted by Crippen LogP contribution is -2.36. The van der Waals surface area contributed by atoms with Gasteiger partial charge in [-0.3, -0.25) is 4.90 Å². The largest absolute Gasteiger partial charge is 0.444 e. The number of H-pyrrole nitrogens is 2. The Morgan fingerprint density at radius 2 is 1.51 bits per heavy atom. The molecule has 0 radical (unpaired) electrons. The van der Waals surface area contributed by atoms with E-state index < -0.39 is 17.3 Å². The zero-order chi connectivity index (χ0) is 36.3. The van der Waals surface area contributed by atoms with Gasteiger partial charge in [0.25, 0.3) is 0 Å². The number of hydrogen-bond donors (Lipinski definition) is 3. The first kappa shape index (κ1) is 36.0. The van der Waals surface area contributed by atoms with Crippen molar-refractivity contribution in [2.24, 2.45) is 0 Å². The molecule has 2 aromatic heterocycles.